The maximum atomic E-state index is 12.9. The minimum absolute atomic E-state index is 0.259. The van der Waals surface area contributed by atoms with Gasteiger partial charge < -0.3 is 10.7 Å². The highest BCUT2D eigenvalue weighted by Crippen LogP contribution is 2.22. The molecule has 4 nitrogen and oxygen atoms in total. The molecule has 1 heterocycles. The Morgan fingerprint density at radius 2 is 1.94 bits per heavy atom. The number of rotatable bonds is 3. The van der Waals surface area contributed by atoms with Crippen LogP contribution in [-0.2, 0) is 0 Å². The van der Waals surface area contributed by atoms with E-state index in [2.05, 4.69) is 38.3 Å². The number of hydrogen-bond acceptors (Lipinski definition) is 4. The lowest BCUT2D eigenvalue weighted by Crippen LogP contribution is -2.09. The highest BCUT2D eigenvalue weighted by atomic mass is 127. The second-order valence-corrected chi connectivity index (χ2v) is 4.46. The zero-order valence-electron chi connectivity index (χ0n) is 8.74. The lowest BCUT2D eigenvalue weighted by atomic mass is 10.3. The molecule has 0 unspecified atom stereocenters. The summed E-state index contributed by atoms with van der Waals surface area (Å²) in [6, 6.07) is 9.90. The third-order valence-corrected chi connectivity index (χ3v) is 2.98. The lowest BCUT2D eigenvalue weighted by Gasteiger charge is -2.08. The number of nitrogens with two attached hydrogens (primary N) is 1. The van der Waals surface area contributed by atoms with E-state index >= 15 is 0 Å². The highest BCUT2D eigenvalue weighted by molar-refractivity contribution is 14.1. The molecule has 0 saturated heterocycles. The van der Waals surface area contributed by atoms with Crippen LogP contribution in [0.25, 0.3) is 0 Å². The number of hydrazine groups is 1. The molecular formula is C11H10FIN4. The van der Waals surface area contributed by atoms with E-state index in [1.807, 2.05) is 6.07 Å². The molecule has 2 rings (SSSR count). The molecule has 2 aromatic rings. The minimum atomic E-state index is -0.259. The van der Waals surface area contributed by atoms with Gasteiger partial charge in [0.1, 0.15) is 17.5 Å². The summed E-state index contributed by atoms with van der Waals surface area (Å²) in [6.07, 6.45) is 0. The van der Waals surface area contributed by atoms with Gasteiger partial charge in [-0.1, -0.05) is 6.07 Å². The summed E-state index contributed by atoms with van der Waals surface area (Å²) in [5.74, 6) is 6.22. The molecule has 0 radical (unpaired) electrons. The number of nitrogens with zero attached hydrogens (tertiary/aromatic N) is 1. The summed E-state index contributed by atoms with van der Waals surface area (Å²) in [6.45, 7) is 0. The normalized spacial score (nSPS) is 10.1. The average Bonchev–Trinajstić information content (AvgIpc) is 2.33. The summed E-state index contributed by atoms with van der Waals surface area (Å²) < 4.78 is 13.7. The third kappa shape index (κ3) is 3.04. The zero-order chi connectivity index (χ0) is 12.3. The Kier molecular flexibility index (Phi) is 3.75. The number of anilines is 3. The van der Waals surface area contributed by atoms with Crippen LogP contribution in [0, 0.1) is 9.39 Å². The molecule has 1 aromatic heterocycles. The van der Waals surface area contributed by atoms with E-state index < -0.39 is 0 Å². The van der Waals surface area contributed by atoms with Crippen molar-refractivity contribution in [1.82, 2.24) is 4.98 Å². The van der Waals surface area contributed by atoms with E-state index in [-0.39, 0.29) is 5.82 Å². The third-order valence-electron chi connectivity index (χ3n) is 2.09. The van der Waals surface area contributed by atoms with Crippen LogP contribution >= 0.6 is 22.6 Å². The first-order chi connectivity index (χ1) is 8.19. The monoisotopic (exact) mass is 344 g/mol. The molecule has 88 valence electrons. The molecule has 6 heteroatoms. The summed E-state index contributed by atoms with van der Waals surface area (Å²) >= 11 is 2.06. The molecule has 0 aliphatic carbocycles. The second kappa shape index (κ2) is 5.28. The highest BCUT2D eigenvalue weighted by Gasteiger charge is 2.03. The molecule has 0 amide bonds. The van der Waals surface area contributed by atoms with Gasteiger partial charge in [-0.05, 0) is 52.9 Å². The van der Waals surface area contributed by atoms with E-state index in [0.717, 1.165) is 9.26 Å². The van der Waals surface area contributed by atoms with Crippen molar-refractivity contribution in [1.29, 1.82) is 0 Å². The van der Waals surface area contributed by atoms with Crippen molar-refractivity contribution in [2.75, 3.05) is 10.7 Å². The average molecular weight is 344 g/mol. The smallest absolute Gasteiger partial charge is 0.142 e. The van der Waals surface area contributed by atoms with Crippen molar-refractivity contribution >= 4 is 39.9 Å². The van der Waals surface area contributed by atoms with Gasteiger partial charge in [0.25, 0.3) is 0 Å². The van der Waals surface area contributed by atoms with Gasteiger partial charge in [-0.3, -0.25) is 0 Å². The molecule has 0 spiro atoms. The van der Waals surface area contributed by atoms with Crippen molar-refractivity contribution in [3.63, 3.8) is 0 Å². The Balaban J connectivity index is 2.25. The largest absolute Gasteiger partial charge is 0.339 e. The van der Waals surface area contributed by atoms with Crippen molar-refractivity contribution in [3.8, 4) is 0 Å². The molecule has 0 aliphatic heterocycles. The summed E-state index contributed by atoms with van der Waals surface area (Å²) in [4.78, 5) is 4.21. The topological polar surface area (TPSA) is 63.0 Å². The molecule has 0 saturated carbocycles. The van der Waals surface area contributed by atoms with Crippen LogP contribution in [0.1, 0.15) is 0 Å². The number of nitrogens with one attached hydrogen (secondary N) is 2. The van der Waals surface area contributed by atoms with Gasteiger partial charge in [0.05, 0.1) is 5.69 Å². The number of hydrogen-bond donors (Lipinski definition) is 3. The van der Waals surface area contributed by atoms with Gasteiger partial charge in [-0.25, -0.2) is 15.2 Å². The number of nitrogen functional groups attached to an aromatic ring is 1. The molecule has 0 bridgehead atoms. The molecule has 4 N–H and O–H groups in total. The predicted octanol–water partition coefficient (Wildman–Crippen LogP) is 2.85. The standard InChI is InChI=1S/C11H10FIN4/c12-7-4-5-9(8(13)6-7)15-10-2-1-3-11(16-10)17-14/h1-6H,14H2,(H2,15,16,17). The molecule has 17 heavy (non-hydrogen) atoms. The van der Waals surface area contributed by atoms with E-state index in [9.17, 15) is 4.39 Å². The molecule has 1 aromatic carbocycles. The Labute approximate surface area is 112 Å². The number of aromatic nitrogens is 1. The predicted molar refractivity (Wildman–Crippen MR) is 74.4 cm³/mol. The van der Waals surface area contributed by atoms with Crippen molar-refractivity contribution in [2.45, 2.75) is 0 Å². The van der Waals surface area contributed by atoms with Crippen molar-refractivity contribution in [2.24, 2.45) is 5.84 Å². The van der Waals surface area contributed by atoms with Crippen LogP contribution in [0.2, 0.25) is 0 Å². The molecule has 0 aliphatic rings. The van der Waals surface area contributed by atoms with Gasteiger partial charge in [0, 0.05) is 3.57 Å². The Bertz CT molecular complexity index is 533. The SMILES string of the molecule is NNc1cccc(Nc2ccc(F)cc2I)n1. The second-order valence-electron chi connectivity index (χ2n) is 3.30. The Hall–Kier alpha value is -1.41. The van der Waals surface area contributed by atoms with Gasteiger partial charge in [0.2, 0.25) is 0 Å². The summed E-state index contributed by atoms with van der Waals surface area (Å²) in [7, 11) is 0. The van der Waals surface area contributed by atoms with Gasteiger partial charge >= 0.3 is 0 Å². The van der Waals surface area contributed by atoms with Crippen molar-refractivity contribution < 1.29 is 4.39 Å². The first kappa shape index (κ1) is 12.1. The summed E-state index contributed by atoms with van der Waals surface area (Å²) in [5, 5.41) is 3.09. The molecular weight excluding hydrogens is 334 g/mol. The van der Waals surface area contributed by atoms with Crippen molar-refractivity contribution in [3.05, 3.63) is 45.8 Å². The van der Waals surface area contributed by atoms with E-state index in [1.165, 1.54) is 12.1 Å². The number of benzene rings is 1. The molecule has 0 atom stereocenters. The van der Waals surface area contributed by atoms with Crippen LogP contribution in [0.15, 0.2) is 36.4 Å². The Morgan fingerprint density at radius 1 is 1.18 bits per heavy atom. The fourth-order valence-corrected chi connectivity index (χ4v) is 1.93. The van der Waals surface area contributed by atoms with Crippen LogP contribution in [0.4, 0.5) is 21.7 Å². The van der Waals surface area contributed by atoms with Gasteiger partial charge in [0.15, 0.2) is 0 Å². The van der Waals surface area contributed by atoms with E-state index in [1.54, 1.807) is 18.2 Å². The first-order valence-corrected chi connectivity index (χ1v) is 5.92. The maximum Gasteiger partial charge on any atom is 0.142 e. The summed E-state index contributed by atoms with van der Waals surface area (Å²) in [5.41, 5.74) is 3.26. The molecule has 0 fully saturated rings. The zero-order valence-corrected chi connectivity index (χ0v) is 10.9. The fraction of sp³-hybridized carbons (Fsp3) is 0. The number of halogens is 2. The van der Waals surface area contributed by atoms with Crippen LogP contribution in [-0.4, -0.2) is 4.98 Å². The van der Waals surface area contributed by atoms with E-state index in [4.69, 9.17) is 5.84 Å². The van der Waals surface area contributed by atoms with Gasteiger partial charge in [-0.2, -0.15) is 0 Å². The minimum Gasteiger partial charge on any atom is -0.339 e. The number of pyridine rings is 1. The van der Waals surface area contributed by atoms with Crippen LogP contribution in [0.3, 0.4) is 0 Å². The lowest BCUT2D eigenvalue weighted by molar-refractivity contribution is 0.627. The maximum absolute atomic E-state index is 12.9. The van der Waals surface area contributed by atoms with E-state index in [0.29, 0.717) is 11.6 Å². The van der Waals surface area contributed by atoms with Crippen LogP contribution < -0.4 is 16.6 Å². The quantitative estimate of drug-likeness (QED) is 0.455. The Morgan fingerprint density at radius 3 is 2.65 bits per heavy atom. The van der Waals surface area contributed by atoms with Crippen LogP contribution in [0.5, 0.6) is 0 Å². The van der Waals surface area contributed by atoms with Gasteiger partial charge in [-0.15, -0.1) is 0 Å². The fourth-order valence-electron chi connectivity index (χ4n) is 1.31. The first-order valence-electron chi connectivity index (χ1n) is 4.85.